The third kappa shape index (κ3) is 2.73. The van der Waals surface area contributed by atoms with Crippen molar-refractivity contribution in [3.8, 4) is 0 Å². The van der Waals surface area contributed by atoms with Crippen molar-refractivity contribution in [2.75, 3.05) is 0 Å². The van der Waals surface area contributed by atoms with Crippen molar-refractivity contribution in [3.63, 3.8) is 0 Å². The third-order valence-corrected chi connectivity index (χ3v) is 2.98. The molecule has 1 aromatic heterocycles. The fraction of sp³-hybridized carbons (Fsp3) is 0.615. The van der Waals surface area contributed by atoms with Crippen molar-refractivity contribution < 1.29 is 0 Å². The van der Waals surface area contributed by atoms with Crippen molar-refractivity contribution in [2.24, 2.45) is 7.05 Å². The Labute approximate surface area is 98.5 Å². The standard InChI is InChI=1S/C13H23N3/c1-6-10(4)14-9-11-12(7-2)15-16(5)13(11)8-3/h6,10,14H,1,7-9H2,2-5H3. The molecule has 0 spiro atoms. The van der Waals surface area contributed by atoms with Gasteiger partial charge in [-0.3, -0.25) is 4.68 Å². The van der Waals surface area contributed by atoms with Crippen LogP contribution < -0.4 is 5.32 Å². The Morgan fingerprint density at radius 3 is 2.62 bits per heavy atom. The summed E-state index contributed by atoms with van der Waals surface area (Å²) < 4.78 is 2.01. The van der Waals surface area contributed by atoms with Gasteiger partial charge in [0.25, 0.3) is 0 Å². The molecule has 16 heavy (non-hydrogen) atoms. The quantitative estimate of drug-likeness (QED) is 0.746. The van der Waals surface area contributed by atoms with Gasteiger partial charge in [0.2, 0.25) is 0 Å². The molecule has 0 aliphatic heterocycles. The highest BCUT2D eigenvalue weighted by Crippen LogP contribution is 2.15. The Hall–Kier alpha value is -1.09. The number of aromatic nitrogens is 2. The summed E-state index contributed by atoms with van der Waals surface area (Å²) in [6.07, 6.45) is 3.95. The van der Waals surface area contributed by atoms with Crippen LogP contribution >= 0.6 is 0 Å². The van der Waals surface area contributed by atoms with Crippen LogP contribution in [0, 0.1) is 0 Å². The number of nitrogens with zero attached hydrogens (tertiary/aromatic N) is 2. The fourth-order valence-electron chi connectivity index (χ4n) is 1.94. The molecule has 3 heteroatoms. The highest BCUT2D eigenvalue weighted by Gasteiger charge is 2.13. The lowest BCUT2D eigenvalue weighted by Gasteiger charge is -2.10. The van der Waals surface area contributed by atoms with Crippen molar-refractivity contribution in [3.05, 3.63) is 29.6 Å². The first-order valence-corrected chi connectivity index (χ1v) is 6.03. The lowest BCUT2D eigenvalue weighted by molar-refractivity contribution is 0.625. The Bertz CT molecular complexity index is 352. The minimum absolute atomic E-state index is 0.342. The van der Waals surface area contributed by atoms with Crippen molar-refractivity contribution in [2.45, 2.75) is 46.2 Å². The van der Waals surface area contributed by atoms with Gasteiger partial charge in [-0.2, -0.15) is 5.10 Å². The van der Waals surface area contributed by atoms with Gasteiger partial charge in [0.05, 0.1) is 5.69 Å². The summed E-state index contributed by atoms with van der Waals surface area (Å²) in [5.41, 5.74) is 3.91. The van der Waals surface area contributed by atoms with Gasteiger partial charge in [0.1, 0.15) is 0 Å². The molecular formula is C13H23N3. The van der Waals surface area contributed by atoms with E-state index in [-0.39, 0.29) is 0 Å². The number of nitrogens with one attached hydrogen (secondary N) is 1. The van der Waals surface area contributed by atoms with E-state index in [9.17, 15) is 0 Å². The summed E-state index contributed by atoms with van der Waals surface area (Å²) in [4.78, 5) is 0. The van der Waals surface area contributed by atoms with E-state index in [4.69, 9.17) is 0 Å². The fourth-order valence-corrected chi connectivity index (χ4v) is 1.94. The molecular weight excluding hydrogens is 198 g/mol. The average molecular weight is 221 g/mol. The summed E-state index contributed by atoms with van der Waals surface area (Å²) >= 11 is 0. The summed E-state index contributed by atoms with van der Waals surface area (Å²) in [6.45, 7) is 11.1. The van der Waals surface area contributed by atoms with Gasteiger partial charge in [0, 0.05) is 30.9 Å². The maximum Gasteiger partial charge on any atom is 0.0669 e. The number of hydrogen-bond donors (Lipinski definition) is 1. The van der Waals surface area contributed by atoms with Crippen molar-refractivity contribution >= 4 is 0 Å². The molecule has 1 heterocycles. The first kappa shape index (κ1) is 13.0. The van der Waals surface area contributed by atoms with Crippen LogP contribution in [0.15, 0.2) is 12.7 Å². The van der Waals surface area contributed by atoms with Gasteiger partial charge < -0.3 is 5.32 Å². The van der Waals surface area contributed by atoms with Crippen LogP contribution in [0.25, 0.3) is 0 Å². The van der Waals surface area contributed by atoms with E-state index in [1.54, 1.807) is 0 Å². The van der Waals surface area contributed by atoms with E-state index in [1.165, 1.54) is 17.0 Å². The van der Waals surface area contributed by atoms with Crippen molar-refractivity contribution in [1.29, 1.82) is 0 Å². The van der Waals surface area contributed by atoms with E-state index in [0.717, 1.165) is 19.4 Å². The Morgan fingerprint density at radius 2 is 2.12 bits per heavy atom. The Kier molecular flexibility index (Phi) is 4.74. The van der Waals surface area contributed by atoms with Gasteiger partial charge in [0.15, 0.2) is 0 Å². The van der Waals surface area contributed by atoms with Crippen molar-refractivity contribution in [1.82, 2.24) is 15.1 Å². The Morgan fingerprint density at radius 1 is 1.44 bits per heavy atom. The van der Waals surface area contributed by atoms with Gasteiger partial charge >= 0.3 is 0 Å². The van der Waals surface area contributed by atoms with Gasteiger partial charge in [-0.1, -0.05) is 19.9 Å². The van der Waals surface area contributed by atoms with Crippen LogP contribution in [0.1, 0.15) is 37.7 Å². The molecule has 0 radical (unpaired) electrons. The molecule has 0 amide bonds. The normalized spacial score (nSPS) is 12.8. The molecule has 1 atom stereocenters. The van der Waals surface area contributed by atoms with Crippen LogP contribution in [0.3, 0.4) is 0 Å². The minimum Gasteiger partial charge on any atom is -0.307 e. The van der Waals surface area contributed by atoms with E-state index in [2.05, 4.69) is 37.8 Å². The van der Waals surface area contributed by atoms with Crippen LogP contribution in [0.5, 0.6) is 0 Å². The second-order valence-corrected chi connectivity index (χ2v) is 4.11. The molecule has 1 unspecified atom stereocenters. The summed E-state index contributed by atoms with van der Waals surface area (Å²) in [6, 6.07) is 0.342. The molecule has 1 rings (SSSR count). The summed E-state index contributed by atoms with van der Waals surface area (Å²) in [7, 11) is 2.03. The van der Waals surface area contributed by atoms with Gasteiger partial charge in [-0.15, -0.1) is 6.58 Å². The molecule has 0 saturated heterocycles. The molecule has 3 nitrogen and oxygen atoms in total. The monoisotopic (exact) mass is 221 g/mol. The Balaban J connectivity index is 2.87. The lowest BCUT2D eigenvalue weighted by atomic mass is 10.1. The summed E-state index contributed by atoms with van der Waals surface area (Å²) in [5, 5.41) is 7.99. The largest absolute Gasteiger partial charge is 0.307 e. The van der Waals surface area contributed by atoms with Gasteiger partial charge in [-0.25, -0.2) is 0 Å². The molecule has 1 N–H and O–H groups in total. The zero-order chi connectivity index (χ0) is 12.1. The molecule has 0 saturated carbocycles. The predicted molar refractivity (Wildman–Crippen MR) is 68.5 cm³/mol. The van der Waals surface area contributed by atoms with E-state index >= 15 is 0 Å². The maximum absolute atomic E-state index is 4.55. The van der Waals surface area contributed by atoms with E-state index in [0.29, 0.717) is 6.04 Å². The molecule has 0 aromatic carbocycles. The lowest BCUT2D eigenvalue weighted by Crippen LogP contribution is -2.24. The average Bonchev–Trinajstić information content (AvgIpc) is 2.61. The third-order valence-electron chi connectivity index (χ3n) is 2.98. The van der Waals surface area contributed by atoms with Crippen LogP contribution in [0.2, 0.25) is 0 Å². The molecule has 0 aliphatic rings. The van der Waals surface area contributed by atoms with E-state index in [1.807, 2.05) is 17.8 Å². The maximum atomic E-state index is 4.55. The SMILES string of the molecule is C=CC(C)NCc1c(CC)nn(C)c1CC. The summed E-state index contributed by atoms with van der Waals surface area (Å²) in [5.74, 6) is 0. The molecule has 90 valence electrons. The smallest absolute Gasteiger partial charge is 0.0669 e. The molecule has 0 fully saturated rings. The minimum atomic E-state index is 0.342. The zero-order valence-electron chi connectivity index (χ0n) is 10.9. The molecule has 1 aromatic rings. The first-order valence-electron chi connectivity index (χ1n) is 6.03. The highest BCUT2D eigenvalue weighted by atomic mass is 15.3. The van der Waals surface area contributed by atoms with Crippen LogP contribution in [-0.2, 0) is 26.4 Å². The first-order chi connectivity index (χ1) is 7.63. The van der Waals surface area contributed by atoms with E-state index < -0.39 is 0 Å². The van der Waals surface area contributed by atoms with Crippen LogP contribution in [0.4, 0.5) is 0 Å². The van der Waals surface area contributed by atoms with Crippen LogP contribution in [-0.4, -0.2) is 15.8 Å². The highest BCUT2D eigenvalue weighted by molar-refractivity contribution is 5.26. The number of aryl methyl sites for hydroxylation is 2. The second-order valence-electron chi connectivity index (χ2n) is 4.11. The zero-order valence-corrected chi connectivity index (χ0v) is 10.9. The molecule has 0 bridgehead atoms. The van der Waals surface area contributed by atoms with Gasteiger partial charge in [-0.05, 0) is 19.8 Å². The second kappa shape index (κ2) is 5.85. The number of hydrogen-bond acceptors (Lipinski definition) is 2. The number of rotatable bonds is 6. The molecule has 0 aliphatic carbocycles. The topological polar surface area (TPSA) is 29.9 Å². The predicted octanol–water partition coefficient (Wildman–Crippen LogP) is 2.21.